The molecule has 0 aliphatic carbocycles. The van der Waals surface area contributed by atoms with E-state index in [-0.39, 0.29) is 0 Å². The predicted octanol–water partition coefficient (Wildman–Crippen LogP) is 2.17. The van der Waals surface area contributed by atoms with Crippen molar-refractivity contribution in [2.24, 2.45) is 0 Å². The smallest absolute Gasteiger partial charge is 0.150 e. The second-order valence-corrected chi connectivity index (χ2v) is 3.71. The third-order valence-corrected chi connectivity index (χ3v) is 3.06. The zero-order valence-electron chi connectivity index (χ0n) is 7.15. The zero-order valence-corrected chi connectivity index (χ0v) is 7.97. The lowest BCUT2D eigenvalue weighted by Gasteiger charge is -1.98. The lowest BCUT2D eigenvalue weighted by molar-refractivity contribution is 0.112. The number of nitrogen functional groups attached to an aromatic ring is 1. The summed E-state index contributed by atoms with van der Waals surface area (Å²) in [5.74, 6) is 0. The Morgan fingerprint density at radius 3 is 2.93 bits per heavy atom. The molecule has 3 nitrogen and oxygen atoms in total. The van der Waals surface area contributed by atoms with Crippen molar-refractivity contribution in [2.45, 2.75) is 0 Å². The highest BCUT2D eigenvalue weighted by molar-refractivity contribution is 7.18. The maximum absolute atomic E-state index is 10.8. The second kappa shape index (κ2) is 3.13. The van der Waals surface area contributed by atoms with Crippen LogP contribution in [0.15, 0.2) is 17.5 Å². The normalized spacial score (nSPS) is 9.93. The fourth-order valence-electron chi connectivity index (χ4n) is 1.38. The first-order valence-corrected chi connectivity index (χ1v) is 4.81. The lowest BCUT2D eigenvalue weighted by atomic mass is 10.1. The van der Waals surface area contributed by atoms with Gasteiger partial charge < -0.3 is 5.73 Å². The number of carbonyl (C=O) groups excluding carboxylic acids is 1. The van der Waals surface area contributed by atoms with Gasteiger partial charge in [0.15, 0.2) is 6.29 Å². The minimum Gasteiger partial charge on any atom is -0.398 e. The van der Waals surface area contributed by atoms with E-state index in [0.29, 0.717) is 22.2 Å². The molecule has 14 heavy (non-hydrogen) atoms. The molecule has 0 radical (unpaired) electrons. The topological polar surface area (TPSA) is 66.9 Å². The summed E-state index contributed by atoms with van der Waals surface area (Å²) in [4.78, 5) is 10.8. The minimum absolute atomic E-state index is 0.513. The van der Waals surface area contributed by atoms with Crippen LogP contribution >= 0.6 is 11.3 Å². The highest BCUT2D eigenvalue weighted by Gasteiger charge is 2.10. The number of carbonyl (C=O) groups is 1. The van der Waals surface area contributed by atoms with Crippen molar-refractivity contribution in [1.29, 1.82) is 5.26 Å². The van der Waals surface area contributed by atoms with E-state index in [4.69, 9.17) is 11.0 Å². The van der Waals surface area contributed by atoms with Gasteiger partial charge in [-0.25, -0.2) is 0 Å². The van der Waals surface area contributed by atoms with Gasteiger partial charge in [0.05, 0.1) is 10.3 Å². The Labute approximate surface area is 84.4 Å². The summed E-state index contributed by atoms with van der Waals surface area (Å²) in [6.07, 6.45) is 0.745. The molecule has 2 N–H and O–H groups in total. The molecule has 0 aliphatic heterocycles. The van der Waals surface area contributed by atoms with Crippen molar-refractivity contribution in [2.75, 3.05) is 5.73 Å². The highest BCUT2D eigenvalue weighted by atomic mass is 32.1. The van der Waals surface area contributed by atoms with Gasteiger partial charge >= 0.3 is 0 Å². The van der Waals surface area contributed by atoms with Crippen molar-refractivity contribution >= 4 is 33.4 Å². The number of aldehydes is 1. The van der Waals surface area contributed by atoms with E-state index in [2.05, 4.69) is 0 Å². The molecule has 0 fully saturated rings. The summed E-state index contributed by atoms with van der Waals surface area (Å²) >= 11 is 1.39. The van der Waals surface area contributed by atoms with Gasteiger partial charge in [0, 0.05) is 22.0 Å². The first-order chi connectivity index (χ1) is 6.77. The van der Waals surface area contributed by atoms with Gasteiger partial charge in [-0.2, -0.15) is 5.26 Å². The molecular formula is C10H6N2OS. The molecule has 0 bridgehead atoms. The summed E-state index contributed by atoms with van der Waals surface area (Å²) in [6, 6.07) is 5.37. The molecule has 0 saturated carbocycles. The Kier molecular flexibility index (Phi) is 1.95. The number of nitrogens with zero attached hydrogens (tertiary/aromatic N) is 1. The third kappa shape index (κ3) is 1.07. The summed E-state index contributed by atoms with van der Waals surface area (Å²) in [5.41, 5.74) is 7.38. The van der Waals surface area contributed by atoms with Gasteiger partial charge in [-0.05, 0) is 12.1 Å². The van der Waals surface area contributed by atoms with Crippen molar-refractivity contribution in [3.8, 4) is 6.07 Å². The van der Waals surface area contributed by atoms with E-state index in [1.807, 2.05) is 6.07 Å². The van der Waals surface area contributed by atoms with Gasteiger partial charge in [-0.1, -0.05) is 0 Å². The fraction of sp³-hybridized carbons (Fsp3) is 0. The summed E-state index contributed by atoms with van der Waals surface area (Å²) in [7, 11) is 0. The van der Waals surface area contributed by atoms with E-state index < -0.39 is 0 Å². The monoisotopic (exact) mass is 202 g/mol. The fourth-order valence-corrected chi connectivity index (χ4v) is 2.33. The van der Waals surface area contributed by atoms with Crippen molar-refractivity contribution in [1.82, 2.24) is 0 Å². The molecule has 0 spiro atoms. The van der Waals surface area contributed by atoms with Crippen LogP contribution in [0.1, 0.15) is 15.9 Å². The number of anilines is 1. The molecule has 0 saturated heterocycles. The highest BCUT2D eigenvalue weighted by Crippen LogP contribution is 2.32. The largest absolute Gasteiger partial charge is 0.398 e. The lowest BCUT2D eigenvalue weighted by Crippen LogP contribution is -1.88. The van der Waals surface area contributed by atoms with E-state index in [9.17, 15) is 4.79 Å². The summed E-state index contributed by atoms with van der Waals surface area (Å²) in [5, 5.41) is 11.2. The number of rotatable bonds is 1. The molecule has 2 aromatic rings. The molecule has 1 aromatic carbocycles. The van der Waals surface area contributed by atoms with E-state index in [1.54, 1.807) is 17.5 Å². The number of nitriles is 1. The maximum Gasteiger partial charge on any atom is 0.150 e. The quantitative estimate of drug-likeness (QED) is 0.569. The Hall–Kier alpha value is -1.86. The molecule has 68 valence electrons. The van der Waals surface area contributed by atoms with Crippen LogP contribution in [-0.4, -0.2) is 6.29 Å². The first-order valence-electron chi connectivity index (χ1n) is 3.93. The SMILES string of the molecule is N#Cc1csc2c(N)ccc(C=O)c12. The molecule has 0 aliphatic rings. The molecule has 0 amide bonds. The van der Waals surface area contributed by atoms with Crippen LogP contribution in [0.2, 0.25) is 0 Å². The molecule has 4 heteroatoms. The molecule has 2 rings (SSSR count). The second-order valence-electron chi connectivity index (χ2n) is 2.83. The minimum atomic E-state index is 0.513. The standard InChI is InChI=1S/C10H6N2OS/c11-3-7-5-14-10-8(12)2-1-6(4-13)9(7)10/h1-2,4-5H,12H2. The van der Waals surface area contributed by atoms with Crippen molar-refractivity contribution in [3.05, 3.63) is 28.6 Å². The average molecular weight is 202 g/mol. The van der Waals surface area contributed by atoms with E-state index in [0.717, 1.165) is 11.0 Å². The van der Waals surface area contributed by atoms with Crippen LogP contribution in [-0.2, 0) is 0 Å². The van der Waals surface area contributed by atoms with Gasteiger partial charge in [-0.15, -0.1) is 11.3 Å². The third-order valence-electron chi connectivity index (χ3n) is 2.03. The number of hydrogen-bond donors (Lipinski definition) is 1. The summed E-state index contributed by atoms with van der Waals surface area (Å²) in [6.45, 7) is 0. The van der Waals surface area contributed by atoms with Crippen molar-refractivity contribution < 1.29 is 4.79 Å². The van der Waals surface area contributed by atoms with E-state index >= 15 is 0 Å². The summed E-state index contributed by atoms with van der Waals surface area (Å²) < 4.78 is 0.811. The van der Waals surface area contributed by atoms with Crippen LogP contribution in [0.25, 0.3) is 10.1 Å². The zero-order chi connectivity index (χ0) is 10.1. The predicted molar refractivity (Wildman–Crippen MR) is 56.3 cm³/mol. The van der Waals surface area contributed by atoms with Gasteiger partial charge in [0.25, 0.3) is 0 Å². The Morgan fingerprint density at radius 2 is 2.29 bits per heavy atom. The number of hydrogen-bond acceptors (Lipinski definition) is 4. The first kappa shape index (κ1) is 8.73. The van der Waals surface area contributed by atoms with E-state index in [1.165, 1.54) is 11.3 Å². The van der Waals surface area contributed by atoms with Crippen molar-refractivity contribution in [3.63, 3.8) is 0 Å². The number of fused-ring (bicyclic) bond motifs is 1. The molecule has 1 heterocycles. The van der Waals surface area contributed by atoms with Crippen LogP contribution in [0, 0.1) is 11.3 Å². The molecule has 0 atom stereocenters. The van der Waals surface area contributed by atoms with Crippen LogP contribution in [0.5, 0.6) is 0 Å². The molecule has 0 unspecified atom stereocenters. The Balaban J connectivity index is 2.97. The maximum atomic E-state index is 10.8. The van der Waals surface area contributed by atoms with Crippen LogP contribution < -0.4 is 5.73 Å². The molecule has 1 aromatic heterocycles. The Bertz CT molecular complexity index is 551. The number of benzene rings is 1. The average Bonchev–Trinajstić information content (AvgIpc) is 2.63. The van der Waals surface area contributed by atoms with Crippen LogP contribution in [0.3, 0.4) is 0 Å². The number of thiophene rings is 1. The Morgan fingerprint density at radius 1 is 1.50 bits per heavy atom. The van der Waals surface area contributed by atoms with Gasteiger partial charge in [0.1, 0.15) is 6.07 Å². The van der Waals surface area contributed by atoms with Gasteiger partial charge in [-0.3, -0.25) is 4.79 Å². The van der Waals surface area contributed by atoms with Gasteiger partial charge in [0.2, 0.25) is 0 Å². The number of nitrogens with two attached hydrogens (primary N) is 1. The molecular weight excluding hydrogens is 196 g/mol. The van der Waals surface area contributed by atoms with Crippen LogP contribution in [0.4, 0.5) is 5.69 Å².